The van der Waals surface area contributed by atoms with Crippen LogP contribution in [0.25, 0.3) is 16.7 Å². The van der Waals surface area contributed by atoms with Crippen molar-refractivity contribution in [2.45, 2.75) is 59.2 Å². The summed E-state index contributed by atoms with van der Waals surface area (Å²) in [5.74, 6) is -1.06. The van der Waals surface area contributed by atoms with E-state index in [0.717, 1.165) is 5.69 Å². The largest absolute Gasteiger partial charge is 0.444 e. The minimum atomic E-state index is -0.579. The van der Waals surface area contributed by atoms with E-state index in [1.165, 1.54) is 10.5 Å². The number of carbonyl (C=O) groups is 2. The van der Waals surface area contributed by atoms with Crippen LogP contribution < -0.4 is 10.2 Å². The topological polar surface area (TPSA) is 105 Å². The molecule has 4 aromatic rings. The summed E-state index contributed by atoms with van der Waals surface area (Å²) >= 11 is 0. The number of aromatic nitrogens is 4. The molecule has 3 aromatic heterocycles. The Morgan fingerprint density at radius 1 is 1.05 bits per heavy atom. The van der Waals surface area contributed by atoms with Gasteiger partial charge in [0.25, 0.3) is 5.91 Å². The third-order valence-corrected chi connectivity index (χ3v) is 6.60. The predicted molar refractivity (Wildman–Crippen MR) is 147 cm³/mol. The van der Waals surface area contributed by atoms with E-state index in [1.54, 1.807) is 42.7 Å². The van der Waals surface area contributed by atoms with Crippen LogP contribution in [0.2, 0.25) is 0 Å². The van der Waals surface area contributed by atoms with Gasteiger partial charge in [-0.2, -0.15) is 0 Å². The van der Waals surface area contributed by atoms with Crippen LogP contribution in [0.4, 0.5) is 20.6 Å². The molecular weight excluding hydrogens is 501 g/mol. The standard InChI is InChI=1S/C28H32FN7O3/c1-16-12-35-15-19(11-20(29)25(35)32-16)26(37)33-21-7-8-22(24-23(21)30-9-10-31-24)34-13-17(2)36(18(3)14-34)27(38)39-28(4,5)6/h7-12,15,17-18H,13-14H2,1-6H3,(H,33,37)/t17-,18+. The lowest BCUT2D eigenvalue weighted by atomic mass is 10.1. The molecule has 0 aliphatic carbocycles. The highest BCUT2D eigenvalue weighted by Crippen LogP contribution is 2.32. The minimum Gasteiger partial charge on any atom is -0.444 e. The summed E-state index contributed by atoms with van der Waals surface area (Å²) in [6.07, 6.45) is 6.04. The van der Waals surface area contributed by atoms with Crippen LogP contribution in [0.1, 0.15) is 50.7 Å². The van der Waals surface area contributed by atoms with Crippen LogP contribution in [0, 0.1) is 12.7 Å². The lowest BCUT2D eigenvalue weighted by Crippen LogP contribution is -2.59. The molecule has 5 rings (SSSR count). The number of fused-ring (bicyclic) bond motifs is 2. The highest BCUT2D eigenvalue weighted by molar-refractivity contribution is 6.09. The fourth-order valence-corrected chi connectivity index (χ4v) is 5.09. The number of nitrogens with one attached hydrogen (secondary N) is 1. The van der Waals surface area contributed by atoms with E-state index < -0.39 is 17.3 Å². The predicted octanol–water partition coefficient (Wildman–Crippen LogP) is 4.81. The molecule has 39 heavy (non-hydrogen) atoms. The average molecular weight is 534 g/mol. The zero-order valence-electron chi connectivity index (χ0n) is 22.9. The Bertz CT molecular complexity index is 1570. The monoisotopic (exact) mass is 533 g/mol. The van der Waals surface area contributed by atoms with Crippen molar-refractivity contribution in [3.05, 3.63) is 60.1 Å². The smallest absolute Gasteiger partial charge is 0.410 e. The zero-order valence-corrected chi connectivity index (χ0v) is 22.9. The molecule has 2 atom stereocenters. The van der Waals surface area contributed by atoms with Crippen LogP contribution in [-0.4, -0.2) is 67.0 Å². The SMILES string of the molecule is Cc1cn2cc(C(=O)Nc3ccc(N4C[C@@H](C)N(C(=O)OC(C)(C)C)[C@@H](C)C4)c4nccnc34)cc(F)c2n1. The third-order valence-electron chi connectivity index (χ3n) is 6.60. The summed E-state index contributed by atoms with van der Waals surface area (Å²) < 4.78 is 21.7. The Morgan fingerprint density at radius 3 is 2.38 bits per heavy atom. The van der Waals surface area contributed by atoms with E-state index in [4.69, 9.17) is 4.74 Å². The van der Waals surface area contributed by atoms with E-state index in [9.17, 15) is 14.0 Å². The molecule has 1 aliphatic rings. The zero-order chi connectivity index (χ0) is 28.1. The van der Waals surface area contributed by atoms with Gasteiger partial charge in [-0.15, -0.1) is 0 Å². The Hall–Kier alpha value is -4.28. The van der Waals surface area contributed by atoms with Gasteiger partial charge >= 0.3 is 6.09 Å². The molecule has 4 heterocycles. The Labute approximate surface area is 225 Å². The molecule has 0 saturated carbocycles. The number of ether oxygens (including phenoxy) is 1. The summed E-state index contributed by atoms with van der Waals surface area (Å²) in [5, 5.41) is 2.86. The molecule has 1 aromatic carbocycles. The molecule has 1 saturated heterocycles. The lowest BCUT2D eigenvalue weighted by molar-refractivity contribution is 0.00567. The number of anilines is 2. The van der Waals surface area contributed by atoms with E-state index in [0.29, 0.717) is 35.5 Å². The Morgan fingerprint density at radius 2 is 1.72 bits per heavy atom. The van der Waals surface area contributed by atoms with Crippen molar-refractivity contribution >= 4 is 40.1 Å². The van der Waals surface area contributed by atoms with E-state index >= 15 is 0 Å². The maximum atomic E-state index is 14.6. The quantitative estimate of drug-likeness (QED) is 0.403. The second-order valence-corrected chi connectivity index (χ2v) is 11.0. The maximum Gasteiger partial charge on any atom is 0.410 e. The van der Waals surface area contributed by atoms with Crippen LogP contribution in [0.3, 0.4) is 0 Å². The van der Waals surface area contributed by atoms with Crippen molar-refractivity contribution in [1.29, 1.82) is 0 Å². The number of pyridine rings is 1. The number of benzene rings is 1. The van der Waals surface area contributed by atoms with Crippen LogP contribution in [0.15, 0.2) is 43.0 Å². The summed E-state index contributed by atoms with van der Waals surface area (Å²) in [4.78, 5) is 43.1. The van der Waals surface area contributed by atoms with Crippen molar-refractivity contribution < 1.29 is 18.7 Å². The normalized spacial score (nSPS) is 18.0. The van der Waals surface area contributed by atoms with Crippen molar-refractivity contribution in [3.63, 3.8) is 0 Å². The molecule has 1 fully saturated rings. The highest BCUT2D eigenvalue weighted by Gasteiger charge is 2.36. The summed E-state index contributed by atoms with van der Waals surface area (Å²) in [6, 6.07) is 4.62. The van der Waals surface area contributed by atoms with Crippen LogP contribution >= 0.6 is 0 Å². The number of nitrogens with zero attached hydrogens (tertiary/aromatic N) is 6. The molecule has 11 heteroatoms. The van der Waals surface area contributed by atoms with Gasteiger partial charge in [-0.3, -0.25) is 19.7 Å². The van der Waals surface area contributed by atoms with Gasteiger partial charge in [0.05, 0.1) is 34.7 Å². The highest BCUT2D eigenvalue weighted by atomic mass is 19.1. The van der Waals surface area contributed by atoms with Crippen molar-refractivity contribution in [1.82, 2.24) is 24.3 Å². The minimum absolute atomic E-state index is 0.105. The lowest BCUT2D eigenvalue weighted by Gasteiger charge is -2.45. The number of imidazole rings is 1. The number of amides is 2. The molecule has 10 nitrogen and oxygen atoms in total. The number of rotatable bonds is 3. The third kappa shape index (κ3) is 5.21. The van der Waals surface area contributed by atoms with Gasteiger partial charge in [-0.05, 0) is 59.7 Å². The summed E-state index contributed by atoms with van der Waals surface area (Å²) in [5.41, 5.74) is 2.83. The van der Waals surface area contributed by atoms with Gasteiger partial charge in [-0.1, -0.05) is 0 Å². The molecule has 0 spiro atoms. The van der Waals surface area contributed by atoms with E-state index in [2.05, 4.69) is 25.2 Å². The number of hydrogen-bond donors (Lipinski definition) is 1. The first-order chi connectivity index (χ1) is 18.4. The van der Waals surface area contributed by atoms with Gasteiger partial charge in [0, 0.05) is 37.9 Å². The fourth-order valence-electron chi connectivity index (χ4n) is 5.09. The second kappa shape index (κ2) is 9.79. The molecule has 204 valence electrons. The number of aryl methyl sites for hydroxylation is 1. The molecule has 0 bridgehead atoms. The van der Waals surface area contributed by atoms with Crippen molar-refractivity contribution in [2.75, 3.05) is 23.3 Å². The van der Waals surface area contributed by atoms with Gasteiger partial charge in [-0.25, -0.2) is 14.2 Å². The fraction of sp³-hybridized carbons (Fsp3) is 0.393. The van der Waals surface area contributed by atoms with E-state index in [1.807, 2.05) is 40.7 Å². The first-order valence-corrected chi connectivity index (χ1v) is 12.9. The molecule has 1 aliphatic heterocycles. The van der Waals surface area contributed by atoms with Crippen LogP contribution in [-0.2, 0) is 4.74 Å². The number of piperazine rings is 1. The molecule has 1 N–H and O–H groups in total. The van der Waals surface area contributed by atoms with Gasteiger partial charge in [0.2, 0.25) is 0 Å². The summed E-state index contributed by atoms with van der Waals surface area (Å²) in [7, 11) is 0. The molecule has 0 unspecified atom stereocenters. The molecular formula is C28H32FN7O3. The van der Waals surface area contributed by atoms with Crippen molar-refractivity contribution in [3.8, 4) is 0 Å². The first-order valence-electron chi connectivity index (χ1n) is 12.9. The maximum absolute atomic E-state index is 14.6. The first kappa shape index (κ1) is 26.3. The van der Waals surface area contributed by atoms with Gasteiger partial charge in [0.15, 0.2) is 11.5 Å². The number of halogens is 1. The summed E-state index contributed by atoms with van der Waals surface area (Å²) in [6.45, 7) is 12.5. The van der Waals surface area contributed by atoms with Gasteiger partial charge in [0.1, 0.15) is 16.6 Å². The molecule has 0 radical (unpaired) electrons. The Kier molecular flexibility index (Phi) is 6.61. The molecule has 2 amide bonds. The Balaban J connectivity index is 1.41. The van der Waals surface area contributed by atoms with E-state index in [-0.39, 0.29) is 29.4 Å². The van der Waals surface area contributed by atoms with Crippen molar-refractivity contribution in [2.24, 2.45) is 0 Å². The second-order valence-electron chi connectivity index (χ2n) is 11.0. The number of hydrogen-bond acceptors (Lipinski definition) is 7. The number of carbonyl (C=O) groups excluding carboxylic acids is 2. The average Bonchev–Trinajstić information content (AvgIpc) is 3.23. The van der Waals surface area contributed by atoms with Crippen LogP contribution in [0.5, 0.6) is 0 Å². The van der Waals surface area contributed by atoms with Gasteiger partial charge < -0.3 is 19.4 Å².